The number of aliphatic hydroxyl groups is 1. The van der Waals surface area contributed by atoms with Crippen LogP contribution in [0.25, 0.3) is 0 Å². The normalized spacial score (nSPS) is 30.2. The zero-order valence-electron chi connectivity index (χ0n) is 25.3. The average molecular weight is 523 g/mol. The molecule has 2 rings (SSSR count). The van der Waals surface area contributed by atoms with Crippen LogP contribution in [-0.4, -0.2) is 39.6 Å². The number of fused-ring (bicyclic) bond motifs is 1. The molecule has 0 amide bonds. The summed E-state index contributed by atoms with van der Waals surface area (Å²) in [5, 5.41) is 11.2. The summed E-state index contributed by atoms with van der Waals surface area (Å²) in [6.45, 7) is 32.1. The van der Waals surface area contributed by atoms with Crippen LogP contribution < -0.4 is 0 Å². The Morgan fingerprint density at radius 2 is 1.51 bits per heavy atom. The van der Waals surface area contributed by atoms with Gasteiger partial charge >= 0.3 is 0 Å². The fraction of sp³-hybridized carbons (Fsp3) is 0.867. The lowest BCUT2D eigenvalue weighted by Gasteiger charge is -2.43. The van der Waals surface area contributed by atoms with Crippen molar-refractivity contribution in [1.29, 1.82) is 0 Å². The molecular weight excluding hydrogens is 464 g/mol. The van der Waals surface area contributed by atoms with E-state index in [1.807, 2.05) is 0 Å². The summed E-state index contributed by atoms with van der Waals surface area (Å²) in [4.78, 5) is 0. The fourth-order valence-corrected chi connectivity index (χ4v) is 8.44. The van der Waals surface area contributed by atoms with Crippen molar-refractivity contribution in [2.45, 2.75) is 148 Å². The van der Waals surface area contributed by atoms with Crippen LogP contribution in [0.5, 0.6) is 0 Å². The molecule has 1 N–H and O–H groups in total. The SMILES string of the molecule is C=C1C[C@@H]2[C@H](/C=C/C(C)(CCCCC)O[Si](C)(C)C(C)(C)C)[C@H](O[Si](C)(C)C(C)(C)C)C[C@@H]2C1O. The van der Waals surface area contributed by atoms with Crippen LogP contribution in [0.1, 0.15) is 93.9 Å². The molecule has 0 aromatic rings. The first kappa shape index (κ1) is 31.0. The molecule has 0 aliphatic heterocycles. The Morgan fingerprint density at radius 1 is 0.943 bits per heavy atom. The third kappa shape index (κ3) is 7.22. The first-order chi connectivity index (χ1) is 15.7. The van der Waals surface area contributed by atoms with Crippen molar-refractivity contribution in [2.75, 3.05) is 0 Å². The number of unbranched alkanes of at least 4 members (excludes halogenated alkanes) is 2. The van der Waals surface area contributed by atoms with E-state index in [4.69, 9.17) is 8.85 Å². The molecule has 0 radical (unpaired) electrons. The Labute approximate surface area is 220 Å². The topological polar surface area (TPSA) is 38.7 Å². The summed E-state index contributed by atoms with van der Waals surface area (Å²) in [6.07, 6.45) is 11.1. The minimum absolute atomic E-state index is 0.164. The third-order valence-electron chi connectivity index (χ3n) is 9.79. The summed E-state index contributed by atoms with van der Waals surface area (Å²) < 4.78 is 14.1. The van der Waals surface area contributed by atoms with Crippen LogP contribution in [0.15, 0.2) is 24.3 Å². The fourth-order valence-electron chi connectivity index (χ4n) is 5.43. The molecule has 0 bridgehead atoms. The molecular formula is C30H58O3Si2. The second-order valence-electron chi connectivity index (χ2n) is 14.9. The van der Waals surface area contributed by atoms with Gasteiger partial charge in [-0.3, -0.25) is 0 Å². The van der Waals surface area contributed by atoms with E-state index in [-0.39, 0.29) is 33.8 Å². The molecule has 3 nitrogen and oxygen atoms in total. The van der Waals surface area contributed by atoms with Gasteiger partial charge in [0.05, 0.1) is 17.8 Å². The lowest BCUT2D eigenvalue weighted by Crippen LogP contribution is -2.48. The lowest BCUT2D eigenvalue weighted by atomic mass is 9.88. The van der Waals surface area contributed by atoms with Crippen molar-refractivity contribution >= 4 is 16.6 Å². The number of aliphatic hydroxyl groups excluding tert-OH is 1. The van der Waals surface area contributed by atoms with E-state index in [9.17, 15) is 5.11 Å². The molecule has 2 aliphatic rings. The Hall–Kier alpha value is -0.206. The highest BCUT2D eigenvalue weighted by molar-refractivity contribution is 6.74. The van der Waals surface area contributed by atoms with Crippen molar-refractivity contribution in [1.82, 2.24) is 0 Å². The molecule has 6 atom stereocenters. The van der Waals surface area contributed by atoms with E-state index in [1.54, 1.807) is 0 Å². The van der Waals surface area contributed by atoms with Gasteiger partial charge < -0.3 is 14.0 Å². The zero-order chi connectivity index (χ0) is 27.0. The van der Waals surface area contributed by atoms with Crippen molar-refractivity contribution in [3.63, 3.8) is 0 Å². The van der Waals surface area contributed by atoms with E-state index < -0.39 is 16.6 Å². The molecule has 0 spiro atoms. The van der Waals surface area contributed by atoms with E-state index in [2.05, 4.69) is 100 Å². The van der Waals surface area contributed by atoms with E-state index >= 15 is 0 Å². The van der Waals surface area contributed by atoms with E-state index in [0.29, 0.717) is 11.8 Å². The molecule has 2 unspecified atom stereocenters. The zero-order valence-corrected chi connectivity index (χ0v) is 27.3. The number of hydrogen-bond acceptors (Lipinski definition) is 3. The van der Waals surface area contributed by atoms with Gasteiger partial charge in [-0.25, -0.2) is 0 Å². The molecule has 0 heterocycles. The monoisotopic (exact) mass is 522 g/mol. The summed E-state index contributed by atoms with van der Waals surface area (Å²) in [7, 11) is -3.86. The van der Waals surface area contributed by atoms with Crippen molar-refractivity contribution < 1.29 is 14.0 Å². The second kappa shape index (κ2) is 10.9. The molecule has 0 aromatic heterocycles. The van der Waals surface area contributed by atoms with Gasteiger partial charge in [-0.05, 0) is 79.9 Å². The highest BCUT2D eigenvalue weighted by Crippen LogP contribution is 2.53. The Kier molecular flexibility index (Phi) is 9.64. The van der Waals surface area contributed by atoms with E-state index in [1.165, 1.54) is 19.3 Å². The van der Waals surface area contributed by atoms with Crippen LogP contribution in [-0.2, 0) is 8.85 Å². The van der Waals surface area contributed by atoms with Gasteiger partial charge in [0, 0.05) is 5.92 Å². The van der Waals surface area contributed by atoms with Crippen LogP contribution in [0.2, 0.25) is 36.3 Å². The molecule has 0 saturated heterocycles. The highest BCUT2D eigenvalue weighted by Gasteiger charge is 2.53. The van der Waals surface area contributed by atoms with Crippen molar-refractivity contribution in [2.24, 2.45) is 17.8 Å². The van der Waals surface area contributed by atoms with Crippen LogP contribution >= 0.6 is 0 Å². The summed E-state index contributed by atoms with van der Waals surface area (Å²) in [5.74, 6) is 0.979. The number of hydrogen-bond donors (Lipinski definition) is 1. The number of rotatable bonds is 10. The molecule has 0 aromatic carbocycles. The van der Waals surface area contributed by atoms with Gasteiger partial charge in [-0.15, -0.1) is 0 Å². The highest BCUT2D eigenvalue weighted by atomic mass is 28.4. The van der Waals surface area contributed by atoms with Crippen LogP contribution in [0, 0.1) is 17.8 Å². The van der Waals surface area contributed by atoms with Crippen molar-refractivity contribution in [3.05, 3.63) is 24.3 Å². The summed E-state index contributed by atoms with van der Waals surface area (Å²) in [6, 6.07) is 0. The lowest BCUT2D eigenvalue weighted by molar-refractivity contribution is 0.106. The van der Waals surface area contributed by atoms with Gasteiger partial charge in [0.25, 0.3) is 0 Å². The van der Waals surface area contributed by atoms with Gasteiger partial charge in [0.15, 0.2) is 16.6 Å². The molecule has 35 heavy (non-hydrogen) atoms. The Balaban J connectivity index is 2.38. The smallest absolute Gasteiger partial charge is 0.193 e. The quantitative estimate of drug-likeness (QED) is 0.177. The third-order valence-corrected chi connectivity index (χ3v) is 18.9. The van der Waals surface area contributed by atoms with Crippen molar-refractivity contribution in [3.8, 4) is 0 Å². The van der Waals surface area contributed by atoms with Crippen LogP contribution in [0.3, 0.4) is 0 Å². The second-order valence-corrected chi connectivity index (χ2v) is 24.3. The Bertz CT molecular complexity index is 759. The maximum absolute atomic E-state index is 10.9. The average Bonchev–Trinajstić information content (AvgIpc) is 3.13. The standard InChI is InChI=1S/C30H58O3Si2/c1-14-15-16-18-30(9,33-35(12,13)29(6,7)8)19-17-23-24-20-22(2)27(31)25(24)21-26(23)32-34(10,11)28(3,4)5/h17,19,23-27,31H,2,14-16,18,20-21H2,1,3-13H3/b19-17+/t23-,24+,25-,26+,27?,30?/m0/s1. The first-order valence-corrected chi connectivity index (χ1v) is 20.0. The van der Waals surface area contributed by atoms with Gasteiger partial charge in [-0.2, -0.15) is 0 Å². The van der Waals surface area contributed by atoms with Gasteiger partial charge in [0.1, 0.15) is 0 Å². The molecule has 2 saturated carbocycles. The van der Waals surface area contributed by atoms with E-state index in [0.717, 1.165) is 24.8 Å². The Morgan fingerprint density at radius 3 is 2.03 bits per heavy atom. The summed E-state index contributed by atoms with van der Waals surface area (Å²) in [5.41, 5.74) is 0.735. The van der Waals surface area contributed by atoms with Crippen LogP contribution in [0.4, 0.5) is 0 Å². The predicted octanol–water partition coefficient (Wildman–Crippen LogP) is 8.87. The molecule has 5 heteroatoms. The minimum Gasteiger partial charge on any atom is -0.413 e. The largest absolute Gasteiger partial charge is 0.413 e. The molecule has 204 valence electrons. The summed E-state index contributed by atoms with van der Waals surface area (Å²) >= 11 is 0. The molecule has 2 fully saturated rings. The first-order valence-electron chi connectivity index (χ1n) is 14.2. The van der Waals surface area contributed by atoms with Gasteiger partial charge in [0.2, 0.25) is 0 Å². The van der Waals surface area contributed by atoms with Gasteiger partial charge in [-0.1, -0.05) is 86.5 Å². The minimum atomic E-state index is -1.94. The maximum Gasteiger partial charge on any atom is 0.193 e. The predicted molar refractivity (Wildman–Crippen MR) is 157 cm³/mol. The maximum atomic E-state index is 10.9. The molecule has 2 aliphatic carbocycles.